The maximum absolute atomic E-state index is 12.4. The van der Waals surface area contributed by atoms with Gasteiger partial charge in [-0.2, -0.15) is 9.97 Å². The summed E-state index contributed by atoms with van der Waals surface area (Å²) in [4.78, 5) is 36.4. The van der Waals surface area contributed by atoms with E-state index in [4.69, 9.17) is 25.5 Å². The van der Waals surface area contributed by atoms with Crippen molar-refractivity contribution in [1.82, 2.24) is 24.6 Å². The van der Waals surface area contributed by atoms with E-state index in [9.17, 15) is 24.5 Å². The number of carbonyl (C=O) groups is 1. The number of hydrogen-bond acceptors (Lipinski definition) is 13. The molecule has 0 bridgehead atoms. The van der Waals surface area contributed by atoms with E-state index < -0.39 is 50.9 Å². The molecule has 1 aliphatic rings. The molecule has 47 heavy (non-hydrogen) atoms. The number of esters is 1. The number of ether oxygens (including phenoxy) is 2. The van der Waals surface area contributed by atoms with Crippen LogP contribution in [0.1, 0.15) is 104 Å². The fourth-order valence-electron chi connectivity index (χ4n) is 5.29. The van der Waals surface area contributed by atoms with Gasteiger partial charge in [-0.1, -0.05) is 70.4 Å². The zero-order valence-corrected chi connectivity index (χ0v) is 32.0. The topological polar surface area (TPSA) is 233 Å². The number of fused-ring (bicyclic) bond motifs is 1. The summed E-state index contributed by atoms with van der Waals surface area (Å²) in [5.74, 6) is -0.846. The Morgan fingerprint density at radius 1 is 1.11 bits per heavy atom. The molecular weight excluding hydrogens is 656 g/mol. The van der Waals surface area contributed by atoms with E-state index in [1.165, 1.54) is 56.3 Å². The van der Waals surface area contributed by atoms with E-state index in [1.807, 2.05) is 5.09 Å². The Kier molecular flexibility index (Phi) is 19.1. The van der Waals surface area contributed by atoms with E-state index in [0.29, 0.717) is 6.42 Å². The molecule has 0 radical (unpaired) electrons. The number of imidazole rings is 1. The minimum atomic E-state index is -4.73. The third kappa shape index (κ3) is 13.7. The molecule has 1 fully saturated rings. The second-order valence-electron chi connectivity index (χ2n) is 11.9. The minimum absolute atomic E-state index is 0. The van der Waals surface area contributed by atoms with Crippen molar-refractivity contribution in [2.75, 3.05) is 31.2 Å². The molecule has 2 aromatic rings. The van der Waals surface area contributed by atoms with Crippen molar-refractivity contribution < 1.29 is 89.8 Å². The molecule has 0 amide bonds. The number of hydrogen-bond donors (Lipinski definition) is 5. The number of rotatable bonds is 22. The van der Waals surface area contributed by atoms with Crippen LogP contribution in [0.3, 0.4) is 0 Å². The smallest absolute Gasteiger partial charge is 0.766 e. The van der Waals surface area contributed by atoms with Crippen LogP contribution >= 0.6 is 7.75 Å². The first-order valence-electron chi connectivity index (χ1n) is 16.3. The molecule has 0 aromatic carbocycles. The number of nitrogens with one attached hydrogen (secondary N) is 1. The van der Waals surface area contributed by atoms with Crippen LogP contribution < -0.4 is 72.8 Å². The normalized spacial score (nSPS) is 22.4. The van der Waals surface area contributed by atoms with E-state index >= 15 is 0 Å². The average Bonchev–Trinajstić information content (AvgIpc) is 3.52. The van der Waals surface area contributed by atoms with Gasteiger partial charge in [-0.3, -0.25) is 13.9 Å². The number of nitrogen functional groups attached to an aromatic ring is 2. The summed E-state index contributed by atoms with van der Waals surface area (Å²) in [6.07, 6.45) is 16.9. The van der Waals surface area contributed by atoms with Crippen LogP contribution in [0.4, 0.5) is 11.8 Å². The van der Waals surface area contributed by atoms with Gasteiger partial charge in [0.15, 0.2) is 17.7 Å². The van der Waals surface area contributed by atoms with Gasteiger partial charge in [-0.05, 0) is 39.0 Å². The van der Waals surface area contributed by atoms with Gasteiger partial charge in [-0.15, -0.1) is 0 Å². The Labute approximate surface area is 319 Å². The van der Waals surface area contributed by atoms with Gasteiger partial charge in [0.2, 0.25) is 13.7 Å². The third-order valence-corrected chi connectivity index (χ3v) is 9.00. The molecule has 7 N–H and O–H groups in total. The number of nitrogens with zero attached hydrogens (tertiary/aromatic N) is 4. The summed E-state index contributed by atoms with van der Waals surface area (Å²) in [5.41, 5.74) is 9.98. The quantitative estimate of drug-likeness (QED) is 0.0364. The van der Waals surface area contributed by atoms with Gasteiger partial charge in [0.25, 0.3) is 0 Å². The first-order chi connectivity index (χ1) is 22.0. The molecule has 2 aromatic heterocycles. The van der Waals surface area contributed by atoms with Gasteiger partial charge in [0, 0.05) is 0 Å². The van der Waals surface area contributed by atoms with Crippen molar-refractivity contribution in [1.29, 1.82) is 0 Å². The van der Waals surface area contributed by atoms with Crippen molar-refractivity contribution in [3.8, 4) is 0 Å². The number of allylic oxidation sites excluding steroid dienone is 2. The number of nitrogens with two attached hydrogens (primary N) is 2. The van der Waals surface area contributed by atoms with E-state index in [0.717, 1.165) is 38.5 Å². The molecule has 1 saturated heterocycles. The molecule has 3 heterocycles. The molecule has 1 aliphatic heterocycles. The number of aliphatic hydroxyl groups excluding tert-OH is 1. The summed E-state index contributed by atoms with van der Waals surface area (Å²) in [5, 5.41) is 23.7. The number of carbonyl (C=O) groups excluding carboxylic acids is 1. The molecule has 0 aliphatic carbocycles. The van der Waals surface area contributed by atoms with E-state index in [1.54, 1.807) is 0 Å². The molecule has 0 saturated carbocycles. The fraction of sp³-hybridized carbons (Fsp3) is 0.733. The SMILES string of the molecule is CCCCCCCC/C=C\CCCCCCCOC(=O)CNP(=O)([O-])OC[C@H]1O[C@@H](n2cnc3c(N)nc(N)nc32)[C@@](C)(O)[C@H]1O.[K+]. The van der Waals surface area contributed by atoms with Gasteiger partial charge in [0.1, 0.15) is 29.9 Å². The van der Waals surface area contributed by atoms with Crippen LogP contribution in [-0.4, -0.2) is 73.3 Å². The maximum Gasteiger partial charge on any atom is 1.00 e. The van der Waals surface area contributed by atoms with Crippen molar-refractivity contribution in [3.63, 3.8) is 0 Å². The third-order valence-electron chi connectivity index (χ3n) is 7.97. The molecule has 260 valence electrons. The van der Waals surface area contributed by atoms with Crippen molar-refractivity contribution >= 4 is 36.6 Å². The Bertz CT molecular complexity index is 1310. The van der Waals surface area contributed by atoms with Gasteiger partial charge >= 0.3 is 57.4 Å². The molecular formula is C30H51KN7O8P. The molecule has 0 spiro atoms. The second kappa shape index (κ2) is 21.3. The van der Waals surface area contributed by atoms with Crippen LogP contribution in [0.25, 0.3) is 11.2 Å². The predicted molar refractivity (Wildman–Crippen MR) is 172 cm³/mol. The number of unbranched alkanes of at least 4 members (excludes halogenated alkanes) is 11. The zero-order chi connectivity index (χ0) is 33.6. The summed E-state index contributed by atoms with van der Waals surface area (Å²) in [6, 6.07) is 0. The van der Waals surface area contributed by atoms with Crippen LogP contribution in [0.5, 0.6) is 0 Å². The van der Waals surface area contributed by atoms with E-state index in [-0.39, 0.29) is 80.9 Å². The molecule has 15 nitrogen and oxygen atoms in total. The fourth-order valence-corrected chi connectivity index (χ4v) is 6.05. The Hall–Kier alpha value is -1.01. The second-order valence-corrected chi connectivity index (χ2v) is 13.5. The van der Waals surface area contributed by atoms with Crippen LogP contribution in [0.2, 0.25) is 0 Å². The first kappa shape index (κ1) is 42.2. The summed E-state index contributed by atoms with van der Waals surface area (Å²) < 4.78 is 29.5. The Morgan fingerprint density at radius 2 is 1.72 bits per heavy atom. The van der Waals surface area contributed by atoms with Gasteiger partial charge in [-0.25, -0.2) is 10.1 Å². The van der Waals surface area contributed by atoms with Crippen molar-refractivity contribution in [2.45, 2.75) is 121 Å². The molecule has 5 atom stereocenters. The first-order valence-corrected chi connectivity index (χ1v) is 17.8. The Morgan fingerprint density at radius 3 is 2.38 bits per heavy atom. The standard InChI is InChI=1S/C30H52N7O8P.K/c1-3-4-5-6-7-8-9-10-11-12-13-14-15-16-17-18-43-23(38)19-34-46(41,42)44-20-22-25(39)30(2,40)28(45-22)37-21-33-24-26(31)35-29(32)36-27(24)37;/h10-11,21-22,25,28,39-40H,3-9,12-20H2,1-2H3,(H2,34,41,42)(H4,31,32,35,36);/q;+1/p-1/b11-10-;/t22-,25+,28-,30+;/m1./s1. The van der Waals surface area contributed by atoms with Crippen LogP contribution in [0.15, 0.2) is 18.5 Å². The minimum Gasteiger partial charge on any atom is -0.766 e. The van der Waals surface area contributed by atoms with Crippen molar-refractivity contribution in [3.05, 3.63) is 18.5 Å². The molecule has 17 heteroatoms. The number of aromatic nitrogens is 4. The molecule has 3 rings (SSSR count). The van der Waals surface area contributed by atoms with E-state index in [2.05, 4.69) is 34.0 Å². The largest absolute Gasteiger partial charge is 1.00 e. The van der Waals surface area contributed by atoms with Gasteiger partial charge < -0.3 is 40.6 Å². The monoisotopic (exact) mass is 707 g/mol. The van der Waals surface area contributed by atoms with Crippen molar-refractivity contribution in [2.24, 2.45) is 0 Å². The van der Waals surface area contributed by atoms with Crippen LogP contribution in [-0.2, 0) is 23.4 Å². The predicted octanol–water partition coefficient (Wildman–Crippen LogP) is 0.269. The Balaban J connectivity index is 0.00000768. The summed E-state index contributed by atoms with van der Waals surface area (Å²) in [7, 11) is -4.73. The maximum atomic E-state index is 12.4. The molecule has 1 unspecified atom stereocenters. The number of anilines is 2. The van der Waals surface area contributed by atoms with Crippen LogP contribution in [0, 0.1) is 0 Å². The summed E-state index contributed by atoms with van der Waals surface area (Å²) >= 11 is 0. The average molecular weight is 708 g/mol. The van der Waals surface area contributed by atoms with Gasteiger partial charge in [0.05, 0.1) is 19.5 Å². The number of aliphatic hydroxyl groups is 2. The zero-order valence-electron chi connectivity index (χ0n) is 28.0. The summed E-state index contributed by atoms with van der Waals surface area (Å²) in [6.45, 7) is 2.49.